The van der Waals surface area contributed by atoms with E-state index in [9.17, 15) is 4.79 Å². The Hall–Kier alpha value is -1.39. The minimum Gasteiger partial charge on any atom is -0.417 e. The third-order valence-electron chi connectivity index (χ3n) is 1.36. The molecule has 0 aliphatic carbocycles. The molecule has 0 aliphatic heterocycles. The molecule has 0 aliphatic rings. The topological polar surface area (TPSA) is 59.2 Å². The lowest BCUT2D eigenvalue weighted by Crippen LogP contribution is -2.21. The first-order chi connectivity index (χ1) is 5.65. The van der Waals surface area contributed by atoms with E-state index in [1.165, 1.54) is 4.90 Å². The van der Waals surface area contributed by atoms with Gasteiger partial charge >= 0.3 is 11.8 Å². The van der Waals surface area contributed by atoms with Crippen LogP contribution in [0.2, 0.25) is 0 Å². The number of amides is 1. The van der Waals surface area contributed by atoms with Crippen LogP contribution >= 0.6 is 0 Å². The molecule has 5 nitrogen and oxygen atoms in total. The molecule has 0 atom stereocenters. The van der Waals surface area contributed by atoms with E-state index >= 15 is 0 Å². The van der Waals surface area contributed by atoms with Crippen LogP contribution in [0, 0.1) is 0 Å². The van der Waals surface area contributed by atoms with Crippen LogP contribution in [0.15, 0.2) is 4.42 Å². The molecule has 66 valence electrons. The zero-order chi connectivity index (χ0) is 9.14. The third-order valence-corrected chi connectivity index (χ3v) is 1.36. The maximum Gasteiger partial charge on any atom is 0.310 e. The van der Waals surface area contributed by atoms with Crippen molar-refractivity contribution in [3.8, 4) is 0 Å². The number of nitrogens with zero attached hydrogens (tertiary/aromatic N) is 3. The van der Waals surface area contributed by atoms with E-state index in [1.807, 2.05) is 6.92 Å². The molecule has 1 aromatic heterocycles. The minimum absolute atomic E-state index is 0.0526. The van der Waals surface area contributed by atoms with E-state index in [-0.39, 0.29) is 11.8 Å². The van der Waals surface area contributed by atoms with Gasteiger partial charge in [-0.15, -0.1) is 10.2 Å². The van der Waals surface area contributed by atoms with Gasteiger partial charge < -0.3 is 9.32 Å². The van der Waals surface area contributed by atoms with Crippen LogP contribution in [0.25, 0.3) is 0 Å². The SMILES string of the molecule is CCc1nnc(C(=O)N(C)C)o1. The Labute approximate surface area is 70.4 Å². The summed E-state index contributed by atoms with van der Waals surface area (Å²) in [6.45, 7) is 1.89. The molecule has 1 aromatic rings. The van der Waals surface area contributed by atoms with Crippen molar-refractivity contribution in [2.75, 3.05) is 14.1 Å². The molecule has 1 rings (SSSR count). The second-order valence-electron chi connectivity index (χ2n) is 2.55. The fourth-order valence-corrected chi connectivity index (χ4v) is 0.674. The Balaban J connectivity index is 2.82. The standard InChI is InChI=1S/C7H11N3O2/c1-4-5-8-9-6(12-5)7(11)10(2)3/h4H2,1-3H3. The van der Waals surface area contributed by atoms with Gasteiger partial charge in [0.15, 0.2) is 0 Å². The number of hydrogen-bond acceptors (Lipinski definition) is 4. The van der Waals surface area contributed by atoms with E-state index in [0.717, 1.165) is 0 Å². The minimum atomic E-state index is -0.262. The van der Waals surface area contributed by atoms with Gasteiger partial charge in [0, 0.05) is 20.5 Å². The summed E-state index contributed by atoms with van der Waals surface area (Å²) in [7, 11) is 3.27. The van der Waals surface area contributed by atoms with E-state index in [0.29, 0.717) is 12.3 Å². The first-order valence-corrected chi connectivity index (χ1v) is 3.69. The van der Waals surface area contributed by atoms with Crippen molar-refractivity contribution >= 4 is 5.91 Å². The highest BCUT2D eigenvalue weighted by atomic mass is 16.4. The smallest absolute Gasteiger partial charge is 0.310 e. The van der Waals surface area contributed by atoms with Gasteiger partial charge in [0.25, 0.3) is 0 Å². The summed E-state index contributed by atoms with van der Waals surface area (Å²) < 4.78 is 5.04. The summed E-state index contributed by atoms with van der Waals surface area (Å²) in [5.41, 5.74) is 0. The number of aromatic nitrogens is 2. The Kier molecular flexibility index (Phi) is 2.42. The Morgan fingerprint density at radius 2 is 2.17 bits per heavy atom. The molecule has 0 aromatic carbocycles. The lowest BCUT2D eigenvalue weighted by Gasteiger charge is -2.04. The van der Waals surface area contributed by atoms with Crippen molar-refractivity contribution in [1.82, 2.24) is 15.1 Å². The van der Waals surface area contributed by atoms with Crippen LogP contribution < -0.4 is 0 Å². The van der Waals surface area contributed by atoms with Gasteiger partial charge in [-0.05, 0) is 0 Å². The molecule has 1 heterocycles. The first-order valence-electron chi connectivity index (χ1n) is 3.69. The number of rotatable bonds is 2. The van der Waals surface area contributed by atoms with Gasteiger partial charge in [-0.3, -0.25) is 4.79 Å². The molecular formula is C7H11N3O2. The molecule has 0 saturated carbocycles. The van der Waals surface area contributed by atoms with Gasteiger partial charge in [0.2, 0.25) is 5.89 Å². The quantitative estimate of drug-likeness (QED) is 0.640. The second-order valence-corrected chi connectivity index (χ2v) is 2.55. The molecule has 0 bridgehead atoms. The fourth-order valence-electron chi connectivity index (χ4n) is 0.674. The van der Waals surface area contributed by atoms with Gasteiger partial charge in [-0.25, -0.2) is 0 Å². The Bertz CT molecular complexity index is 280. The second kappa shape index (κ2) is 3.34. The van der Waals surface area contributed by atoms with Gasteiger partial charge in [-0.2, -0.15) is 0 Å². The summed E-state index contributed by atoms with van der Waals surface area (Å²) in [5.74, 6) is 0.277. The average molecular weight is 169 g/mol. The molecule has 5 heteroatoms. The Morgan fingerprint density at radius 3 is 2.58 bits per heavy atom. The maximum atomic E-state index is 11.2. The summed E-state index contributed by atoms with van der Waals surface area (Å²) in [4.78, 5) is 12.6. The van der Waals surface area contributed by atoms with Crippen LogP contribution in [0.3, 0.4) is 0 Å². The van der Waals surface area contributed by atoms with E-state index in [1.54, 1.807) is 14.1 Å². The molecular weight excluding hydrogens is 158 g/mol. The van der Waals surface area contributed by atoms with Crippen molar-refractivity contribution in [3.05, 3.63) is 11.8 Å². The molecule has 0 N–H and O–H groups in total. The summed E-state index contributed by atoms with van der Waals surface area (Å²) >= 11 is 0. The van der Waals surface area contributed by atoms with E-state index in [2.05, 4.69) is 10.2 Å². The fraction of sp³-hybridized carbons (Fsp3) is 0.571. The predicted octanol–water partition coefficient (Wildman–Crippen LogP) is 0.334. The predicted molar refractivity (Wildman–Crippen MR) is 41.7 cm³/mol. The van der Waals surface area contributed by atoms with Gasteiger partial charge in [0.05, 0.1) is 0 Å². The highest BCUT2D eigenvalue weighted by Crippen LogP contribution is 2.01. The monoisotopic (exact) mass is 169 g/mol. The zero-order valence-corrected chi connectivity index (χ0v) is 7.37. The summed E-state index contributed by atoms with van der Waals surface area (Å²) in [6, 6.07) is 0. The lowest BCUT2D eigenvalue weighted by atomic mass is 10.5. The summed E-state index contributed by atoms with van der Waals surface area (Å²) in [6.07, 6.45) is 0.647. The van der Waals surface area contributed by atoms with Crippen LogP contribution in [0.4, 0.5) is 0 Å². The molecule has 0 saturated heterocycles. The van der Waals surface area contributed by atoms with Gasteiger partial charge in [-0.1, -0.05) is 6.92 Å². The average Bonchev–Trinajstić information content (AvgIpc) is 2.50. The van der Waals surface area contributed by atoms with Crippen molar-refractivity contribution in [1.29, 1.82) is 0 Å². The van der Waals surface area contributed by atoms with Crippen LogP contribution in [-0.4, -0.2) is 35.1 Å². The number of carbonyl (C=O) groups excluding carboxylic acids is 1. The van der Waals surface area contributed by atoms with Gasteiger partial charge in [0.1, 0.15) is 0 Å². The largest absolute Gasteiger partial charge is 0.417 e. The summed E-state index contributed by atoms with van der Waals surface area (Å²) in [5, 5.41) is 7.27. The van der Waals surface area contributed by atoms with Crippen LogP contribution in [0.5, 0.6) is 0 Å². The van der Waals surface area contributed by atoms with Crippen molar-refractivity contribution in [2.45, 2.75) is 13.3 Å². The molecule has 1 amide bonds. The number of carbonyl (C=O) groups is 1. The first kappa shape index (κ1) is 8.70. The van der Waals surface area contributed by atoms with Crippen molar-refractivity contribution in [3.63, 3.8) is 0 Å². The molecule has 0 fully saturated rings. The Morgan fingerprint density at radius 1 is 1.50 bits per heavy atom. The zero-order valence-electron chi connectivity index (χ0n) is 7.37. The number of aryl methyl sites for hydroxylation is 1. The normalized spacial score (nSPS) is 9.92. The van der Waals surface area contributed by atoms with Crippen molar-refractivity contribution < 1.29 is 9.21 Å². The number of hydrogen-bond donors (Lipinski definition) is 0. The molecule has 0 unspecified atom stereocenters. The molecule has 0 radical (unpaired) electrons. The van der Waals surface area contributed by atoms with Crippen molar-refractivity contribution in [2.24, 2.45) is 0 Å². The highest BCUT2D eigenvalue weighted by Gasteiger charge is 2.15. The third kappa shape index (κ3) is 1.61. The van der Waals surface area contributed by atoms with E-state index < -0.39 is 0 Å². The highest BCUT2D eigenvalue weighted by molar-refractivity contribution is 5.88. The lowest BCUT2D eigenvalue weighted by molar-refractivity contribution is 0.0787. The molecule has 0 spiro atoms. The van der Waals surface area contributed by atoms with E-state index in [4.69, 9.17) is 4.42 Å². The maximum absolute atomic E-state index is 11.2. The molecule has 12 heavy (non-hydrogen) atoms. The van der Waals surface area contributed by atoms with Crippen LogP contribution in [-0.2, 0) is 6.42 Å². The van der Waals surface area contributed by atoms with Crippen LogP contribution in [0.1, 0.15) is 23.5 Å².